The number of aryl methyl sites for hydroxylation is 1. The zero-order valence-electron chi connectivity index (χ0n) is 12.2. The fourth-order valence-electron chi connectivity index (χ4n) is 2.21. The van der Waals surface area contributed by atoms with Crippen LogP contribution in [-0.2, 0) is 6.54 Å². The molecule has 0 aromatic carbocycles. The molecule has 2 aromatic rings. The molecule has 0 fully saturated rings. The number of ether oxygens (including phenoxy) is 1. The maximum Gasteiger partial charge on any atom is 0.161 e. The van der Waals surface area contributed by atoms with E-state index in [2.05, 4.69) is 34.5 Å². The van der Waals surface area contributed by atoms with Gasteiger partial charge >= 0.3 is 0 Å². The average molecular weight is 275 g/mol. The normalized spacial score (nSPS) is 12.3. The van der Waals surface area contributed by atoms with Crippen molar-refractivity contribution in [2.45, 2.75) is 32.9 Å². The van der Waals surface area contributed by atoms with Crippen LogP contribution in [0.5, 0.6) is 5.75 Å². The Morgan fingerprint density at radius 3 is 2.75 bits per heavy atom. The second kappa shape index (κ2) is 7.00. The minimum Gasteiger partial charge on any atom is -0.493 e. The van der Waals surface area contributed by atoms with Crippen molar-refractivity contribution in [3.05, 3.63) is 35.9 Å². The van der Waals surface area contributed by atoms with Gasteiger partial charge in [-0.05, 0) is 31.5 Å². The molecule has 2 rings (SSSR count). The second-order valence-electron chi connectivity index (χ2n) is 4.48. The van der Waals surface area contributed by atoms with Crippen LogP contribution in [0.25, 0.3) is 0 Å². The van der Waals surface area contributed by atoms with E-state index in [1.54, 1.807) is 25.7 Å². The van der Waals surface area contributed by atoms with Crippen LogP contribution in [0.3, 0.4) is 0 Å². The standard InChI is InChI=1S/C14H21N5O/c1-4-7-15-13(11-6-8-16-17-9-11)14-12(20-3)10-18-19(14)5-2/h6,8-10,13,15H,4-5,7H2,1-3H3. The van der Waals surface area contributed by atoms with E-state index in [4.69, 9.17) is 4.74 Å². The number of aromatic nitrogens is 4. The van der Waals surface area contributed by atoms with E-state index in [1.807, 2.05) is 10.7 Å². The number of hydrogen-bond donors (Lipinski definition) is 1. The van der Waals surface area contributed by atoms with Gasteiger partial charge in [-0.15, -0.1) is 0 Å². The maximum atomic E-state index is 5.45. The first-order chi connectivity index (χ1) is 9.81. The zero-order chi connectivity index (χ0) is 14.4. The van der Waals surface area contributed by atoms with Crippen molar-refractivity contribution in [2.75, 3.05) is 13.7 Å². The van der Waals surface area contributed by atoms with Crippen LogP contribution >= 0.6 is 0 Å². The fourth-order valence-corrected chi connectivity index (χ4v) is 2.21. The van der Waals surface area contributed by atoms with Gasteiger partial charge in [0.15, 0.2) is 5.75 Å². The highest BCUT2D eigenvalue weighted by Gasteiger charge is 2.22. The summed E-state index contributed by atoms with van der Waals surface area (Å²) in [7, 11) is 1.67. The van der Waals surface area contributed by atoms with Gasteiger partial charge in [-0.2, -0.15) is 15.3 Å². The number of nitrogens with zero attached hydrogens (tertiary/aromatic N) is 4. The lowest BCUT2D eigenvalue weighted by molar-refractivity contribution is 0.398. The monoisotopic (exact) mass is 275 g/mol. The molecule has 0 aliphatic rings. The van der Waals surface area contributed by atoms with Crippen LogP contribution in [0.2, 0.25) is 0 Å². The Bertz CT molecular complexity index is 504. The molecular formula is C14H21N5O. The summed E-state index contributed by atoms with van der Waals surface area (Å²) in [4.78, 5) is 0. The van der Waals surface area contributed by atoms with Gasteiger partial charge in [0.05, 0.1) is 25.5 Å². The molecule has 2 aromatic heterocycles. The Labute approximate surface area is 119 Å². The SMILES string of the molecule is CCCNC(c1ccnnc1)c1c(OC)cnn1CC. The van der Waals surface area contributed by atoms with Crippen LogP contribution in [0.1, 0.15) is 37.6 Å². The molecular weight excluding hydrogens is 254 g/mol. The first kappa shape index (κ1) is 14.5. The summed E-state index contributed by atoms with van der Waals surface area (Å²) < 4.78 is 7.40. The van der Waals surface area contributed by atoms with Gasteiger partial charge in [-0.3, -0.25) is 4.68 Å². The number of nitrogens with one attached hydrogen (secondary N) is 1. The van der Waals surface area contributed by atoms with Crippen LogP contribution in [0, 0.1) is 0 Å². The van der Waals surface area contributed by atoms with E-state index >= 15 is 0 Å². The fraction of sp³-hybridized carbons (Fsp3) is 0.500. The molecule has 6 heteroatoms. The summed E-state index contributed by atoms with van der Waals surface area (Å²) in [5.74, 6) is 0.789. The lowest BCUT2D eigenvalue weighted by Crippen LogP contribution is -2.26. The van der Waals surface area contributed by atoms with Crippen molar-refractivity contribution in [3.63, 3.8) is 0 Å². The predicted octanol–water partition coefficient (Wildman–Crippen LogP) is 1.79. The number of hydrogen-bond acceptors (Lipinski definition) is 5. The number of methoxy groups -OCH3 is 1. The van der Waals surface area contributed by atoms with E-state index in [0.717, 1.165) is 36.5 Å². The molecule has 0 saturated carbocycles. The third-order valence-electron chi connectivity index (χ3n) is 3.18. The van der Waals surface area contributed by atoms with Crippen LogP contribution in [0.15, 0.2) is 24.7 Å². The molecule has 0 radical (unpaired) electrons. The molecule has 1 atom stereocenters. The molecule has 0 saturated heterocycles. The quantitative estimate of drug-likeness (QED) is 0.834. The minimum atomic E-state index is 0.00264. The molecule has 0 aliphatic carbocycles. The highest BCUT2D eigenvalue weighted by atomic mass is 16.5. The molecule has 2 heterocycles. The smallest absolute Gasteiger partial charge is 0.161 e. The van der Waals surface area contributed by atoms with Crippen molar-refractivity contribution < 1.29 is 4.74 Å². The summed E-state index contributed by atoms with van der Waals surface area (Å²) in [6.45, 7) is 5.91. The first-order valence-corrected chi connectivity index (χ1v) is 6.91. The van der Waals surface area contributed by atoms with Crippen molar-refractivity contribution in [1.82, 2.24) is 25.3 Å². The second-order valence-corrected chi connectivity index (χ2v) is 4.48. The van der Waals surface area contributed by atoms with Crippen molar-refractivity contribution in [3.8, 4) is 5.75 Å². The van der Waals surface area contributed by atoms with Crippen LogP contribution in [-0.4, -0.2) is 33.6 Å². The lowest BCUT2D eigenvalue weighted by atomic mass is 10.1. The summed E-state index contributed by atoms with van der Waals surface area (Å²) in [6.07, 6.45) is 6.29. The molecule has 1 N–H and O–H groups in total. The topological polar surface area (TPSA) is 64.9 Å². The minimum absolute atomic E-state index is 0.00264. The van der Waals surface area contributed by atoms with Gasteiger partial charge in [0.25, 0.3) is 0 Å². The van der Waals surface area contributed by atoms with Gasteiger partial charge in [0.1, 0.15) is 5.69 Å². The maximum absolute atomic E-state index is 5.45. The van der Waals surface area contributed by atoms with Gasteiger partial charge in [0.2, 0.25) is 0 Å². The Hall–Kier alpha value is -1.95. The van der Waals surface area contributed by atoms with Crippen LogP contribution in [0.4, 0.5) is 0 Å². The Morgan fingerprint density at radius 2 is 2.15 bits per heavy atom. The van der Waals surface area contributed by atoms with E-state index < -0.39 is 0 Å². The average Bonchev–Trinajstić information content (AvgIpc) is 2.92. The van der Waals surface area contributed by atoms with Gasteiger partial charge < -0.3 is 10.1 Å². The molecule has 0 bridgehead atoms. The molecule has 6 nitrogen and oxygen atoms in total. The van der Waals surface area contributed by atoms with Gasteiger partial charge in [-0.1, -0.05) is 6.92 Å². The molecule has 0 amide bonds. The van der Waals surface area contributed by atoms with E-state index in [9.17, 15) is 0 Å². The van der Waals surface area contributed by atoms with E-state index in [-0.39, 0.29) is 6.04 Å². The Balaban J connectivity index is 2.43. The van der Waals surface area contributed by atoms with Crippen molar-refractivity contribution in [1.29, 1.82) is 0 Å². The van der Waals surface area contributed by atoms with E-state index in [0.29, 0.717) is 0 Å². The first-order valence-electron chi connectivity index (χ1n) is 6.91. The molecule has 0 aliphatic heterocycles. The molecule has 108 valence electrons. The lowest BCUT2D eigenvalue weighted by Gasteiger charge is -2.20. The summed E-state index contributed by atoms with van der Waals surface area (Å²) in [6, 6.07) is 1.97. The third kappa shape index (κ3) is 2.96. The Morgan fingerprint density at radius 1 is 1.30 bits per heavy atom. The molecule has 1 unspecified atom stereocenters. The van der Waals surface area contributed by atoms with Gasteiger partial charge in [0, 0.05) is 12.7 Å². The number of rotatable bonds is 7. The molecule has 20 heavy (non-hydrogen) atoms. The zero-order valence-corrected chi connectivity index (χ0v) is 12.2. The highest BCUT2D eigenvalue weighted by molar-refractivity contribution is 5.35. The summed E-state index contributed by atoms with van der Waals surface area (Å²) >= 11 is 0. The Kier molecular flexibility index (Phi) is 5.06. The molecule has 0 spiro atoms. The van der Waals surface area contributed by atoms with E-state index in [1.165, 1.54) is 0 Å². The van der Waals surface area contributed by atoms with Crippen molar-refractivity contribution in [2.24, 2.45) is 0 Å². The summed E-state index contributed by atoms with van der Waals surface area (Å²) in [5.41, 5.74) is 2.08. The van der Waals surface area contributed by atoms with Gasteiger partial charge in [-0.25, -0.2) is 0 Å². The highest BCUT2D eigenvalue weighted by Crippen LogP contribution is 2.29. The summed E-state index contributed by atoms with van der Waals surface area (Å²) in [5, 5.41) is 15.7. The predicted molar refractivity (Wildman–Crippen MR) is 76.6 cm³/mol. The van der Waals surface area contributed by atoms with Crippen molar-refractivity contribution >= 4 is 0 Å². The van der Waals surface area contributed by atoms with Crippen LogP contribution < -0.4 is 10.1 Å². The largest absolute Gasteiger partial charge is 0.493 e. The third-order valence-corrected chi connectivity index (χ3v) is 3.18.